The lowest BCUT2D eigenvalue weighted by atomic mass is 10.4. The van der Waals surface area contributed by atoms with Gasteiger partial charge in [0.05, 0.1) is 12.3 Å². The van der Waals surface area contributed by atoms with Gasteiger partial charge in [0.2, 0.25) is 0 Å². The fourth-order valence-corrected chi connectivity index (χ4v) is 1.71. The summed E-state index contributed by atoms with van der Waals surface area (Å²) < 4.78 is 7.50. The molecule has 2 aromatic rings. The van der Waals surface area contributed by atoms with Gasteiger partial charge in [-0.05, 0) is 38.5 Å². The van der Waals surface area contributed by atoms with Crippen molar-refractivity contribution in [1.29, 1.82) is 0 Å². The number of nitrogens with zero attached hydrogens (tertiary/aromatic N) is 3. The van der Waals surface area contributed by atoms with Crippen molar-refractivity contribution in [3.8, 4) is 11.6 Å². The molecule has 0 atom stereocenters. The molecule has 0 radical (unpaired) electrons. The first-order valence-electron chi connectivity index (χ1n) is 5.84. The lowest BCUT2D eigenvalue weighted by molar-refractivity contribution is 0.314. The number of rotatable bonds is 4. The van der Waals surface area contributed by atoms with Crippen LogP contribution in [0.25, 0.3) is 5.82 Å². The third-order valence-corrected chi connectivity index (χ3v) is 2.42. The monoisotopic (exact) mass is 231 g/mol. The van der Waals surface area contributed by atoms with Crippen LogP contribution in [0.1, 0.15) is 24.7 Å². The molecule has 0 bridgehead atoms. The maximum Gasteiger partial charge on any atom is 0.196 e. The highest BCUT2D eigenvalue weighted by Crippen LogP contribution is 2.21. The van der Waals surface area contributed by atoms with Crippen LogP contribution in [0.2, 0.25) is 0 Å². The van der Waals surface area contributed by atoms with Crippen LogP contribution in [0.5, 0.6) is 5.75 Å². The Bertz CT molecular complexity index is 505. The molecule has 90 valence electrons. The molecule has 0 unspecified atom stereocenters. The molecule has 2 aromatic heterocycles. The largest absolute Gasteiger partial charge is 0.490 e. The predicted octanol–water partition coefficient (Wildman–Crippen LogP) is 2.67. The second-order valence-corrected chi connectivity index (χ2v) is 4.01. The minimum atomic E-state index is 0.692. The minimum absolute atomic E-state index is 0.692. The van der Waals surface area contributed by atoms with Gasteiger partial charge in [-0.2, -0.15) is 5.10 Å². The van der Waals surface area contributed by atoms with Gasteiger partial charge in [-0.15, -0.1) is 0 Å². The van der Waals surface area contributed by atoms with Gasteiger partial charge in [-0.25, -0.2) is 9.67 Å². The number of pyridine rings is 1. The Morgan fingerprint density at radius 3 is 2.82 bits per heavy atom. The number of hydrogen-bond donors (Lipinski definition) is 0. The van der Waals surface area contributed by atoms with E-state index >= 15 is 0 Å². The quantitative estimate of drug-likeness (QED) is 0.812. The van der Waals surface area contributed by atoms with E-state index in [0.717, 1.165) is 29.4 Å². The van der Waals surface area contributed by atoms with Crippen molar-refractivity contribution in [2.75, 3.05) is 6.61 Å². The number of hydrogen-bond acceptors (Lipinski definition) is 3. The zero-order chi connectivity index (χ0) is 12.3. The molecule has 0 aromatic carbocycles. The molecule has 0 aliphatic carbocycles. The van der Waals surface area contributed by atoms with Gasteiger partial charge >= 0.3 is 0 Å². The summed E-state index contributed by atoms with van der Waals surface area (Å²) in [4.78, 5) is 4.35. The SMILES string of the molecule is CCCOc1cccnc1-n1nc(C)cc1C. The molecule has 0 N–H and O–H groups in total. The van der Waals surface area contributed by atoms with Crippen molar-refractivity contribution in [1.82, 2.24) is 14.8 Å². The first kappa shape index (κ1) is 11.6. The average Bonchev–Trinajstić information content (AvgIpc) is 2.66. The lowest BCUT2D eigenvalue weighted by Gasteiger charge is -2.10. The molecule has 0 aliphatic rings. The summed E-state index contributed by atoms with van der Waals surface area (Å²) >= 11 is 0. The van der Waals surface area contributed by atoms with E-state index in [4.69, 9.17) is 4.74 Å². The van der Waals surface area contributed by atoms with E-state index in [1.54, 1.807) is 6.20 Å². The number of aryl methyl sites for hydroxylation is 2. The van der Waals surface area contributed by atoms with E-state index in [2.05, 4.69) is 17.0 Å². The molecule has 0 saturated carbocycles. The predicted molar refractivity (Wildman–Crippen MR) is 66.6 cm³/mol. The molecule has 0 saturated heterocycles. The Morgan fingerprint density at radius 2 is 2.18 bits per heavy atom. The van der Waals surface area contributed by atoms with Gasteiger partial charge in [0.1, 0.15) is 0 Å². The fourth-order valence-electron chi connectivity index (χ4n) is 1.71. The van der Waals surface area contributed by atoms with Crippen molar-refractivity contribution >= 4 is 0 Å². The van der Waals surface area contributed by atoms with Gasteiger partial charge in [-0.1, -0.05) is 6.92 Å². The number of aromatic nitrogens is 3. The molecule has 0 amide bonds. The van der Waals surface area contributed by atoms with Gasteiger partial charge in [0.25, 0.3) is 0 Å². The molecule has 4 nitrogen and oxygen atoms in total. The highest BCUT2D eigenvalue weighted by molar-refractivity contribution is 5.40. The molecule has 2 rings (SSSR count). The molecular formula is C13H17N3O. The smallest absolute Gasteiger partial charge is 0.196 e. The molecule has 0 fully saturated rings. The van der Waals surface area contributed by atoms with Crippen LogP contribution in [-0.4, -0.2) is 21.4 Å². The average molecular weight is 231 g/mol. The van der Waals surface area contributed by atoms with E-state index in [9.17, 15) is 0 Å². The van der Waals surface area contributed by atoms with Crippen molar-refractivity contribution in [2.45, 2.75) is 27.2 Å². The van der Waals surface area contributed by atoms with Gasteiger partial charge in [-0.3, -0.25) is 0 Å². The van der Waals surface area contributed by atoms with Crippen molar-refractivity contribution in [2.24, 2.45) is 0 Å². The summed E-state index contributed by atoms with van der Waals surface area (Å²) in [5.74, 6) is 1.53. The van der Waals surface area contributed by atoms with Crippen molar-refractivity contribution < 1.29 is 4.74 Å². The first-order chi connectivity index (χ1) is 8.22. The molecule has 2 heterocycles. The summed E-state index contributed by atoms with van der Waals surface area (Å²) in [6.07, 6.45) is 2.73. The third-order valence-electron chi connectivity index (χ3n) is 2.42. The second-order valence-electron chi connectivity index (χ2n) is 4.01. The van der Waals surface area contributed by atoms with Crippen LogP contribution in [0.4, 0.5) is 0 Å². The number of ether oxygens (including phenoxy) is 1. The zero-order valence-electron chi connectivity index (χ0n) is 10.5. The van der Waals surface area contributed by atoms with E-state index < -0.39 is 0 Å². The van der Waals surface area contributed by atoms with E-state index in [1.807, 2.05) is 36.7 Å². The van der Waals surface area contributed by atoms with E-state index in [1.165, 1.54) is 0 Å². The zero-order valence-corrected chi connectivity index (χ0v) is 10.5. The van der Waals surface area contributed by atoms with Crippen LogP contribution in [-0.2, 0) is 0 Å². The molecule has 0 spiro atoms. The normalized spacial score (nSPS) is 10.5. The topological polar surface area (TPSA) is 39.9 Å². The van der Waals surface area contributed by atoms with Crippen LogP contribution < -0.4 is 4.74 Å². The van der Waals surface area contributed by atoms with Crippen LogP contribution in [0, 0.1) is 13.8 Å². The Morgan fingerprint density at radius 1 is 1.35 bits per heavy atom. The Labute approximate surface area is 101 Å². The summed E-state index contributed by atoms with van der Waals surface area (Å²) in [7, 11) is 0. The maximum atomic E-state index is 5.68. The lowest BCUT2D eigenvalue weighted by Crippen LogP contribution is -2.06. The van der Waals surface area contributed by atoms with Crippen LogP contribution in [0.3, 0.4) is 0 Å². The highest BCUT2D eigenvalue weighted by atomic mass is 16.5. The van der Waals surface area contributed by atoms with E-state index in [-0.39, 0.29) is 0 Å². The Kier molecular flexibility index (Phi) is 3.42. The van der Waals surface area contributed by atoms with E-state index in [0.29, 0.717) is 6.61 Å². The maximum absolute atomic E-state index is 5.68. The third kappa shape index (κ3) is 2.46. The molecular weight excluding hydrogens is 214 g/mol. The van der Waals surface area contributed by atoms with Crippen molar-refractivity contribution in [3.63, 3.8) is 0 Å². The molecule has 0 aliphatic heterocycles. The summed E-state index contributed by atoms with van der Waals surface area (Å²) in [6, 6.07) is 5.83. The van der Waals surface area contributed by atoms with Crippen LogP contribution in [0.15, 0.2) is 24.4 Å². The second kappa shape index (κ2) is 4.99. The fraction of sp³-hybridized carbons (Fsp3) is 0.385. The van der Waals surface area contributed by atoms with Crippen LogP contribution >= 0.6 is 0 Å². The van der Waals surface area contributed by atoms with Gasteiger partial charge < -0.3 is 4.74 Å². The molecule has 17 heavy (non-hydrogen) atoms. The summed E-state index contributed by atoms with van der Waals surface area (Å²) in [5.41, 5.74) is 2.04. The van der Waals surface area contributed by atoms with Gasteiger partial charge in [0.15, 0.2) is 11.6 Å². The Hall–Kier alpha value is -1.84. The standard InChI is InChI=1S/C13H17N3O/c1-4-8-17-12-6-5-7-14-13(12)16-11(3)9-10(2)15-16/h5-7,9H,4,8H2,1-3H3. The Balaban J connectivity index is 2.40. The highest BCUT2D eigenvalue weighted by Gasteiger charge is 2.10. The summed E-state index contributed by atoms with van der Waals surface area (Å²) in [5, 5.41) is 4.42. The minimum Gasteiger partial charge on any atom is -0.490 e. The summed E-state index contributed by atoms with van der Waals surface area (Å²) in [6.45, 7) is 6.76. The first-order valence-corrected chi connectivity index (χ1v) is 5.84. The van der Waals surface area contributed by atoms with Crippen molar-refractivity contribution in [3.05, 3.63) is 35.8 Å². The van der Waals surface area contributed by atoms with Gasteiger partial charge in [0, 0.05) is 11.9 Å². The molecule has 4 heteroatoms.